The molecule has 1 unspecified atom stereocenters. The highest BCUT2D eigenvalue weighted by Crippen LogP contribution is 2.42. The van der Waals surface area contributed by atoms with Crippen LogP contribution in [0, 0.1) is 0 Å². The number of Topliss-reactive ketones (excluding diaryl/α,β-unsaturated/α-hetero) is 1. The molecule has 1 saturated heterocycles. The first-order valence-electron chi connectivity index (χ1n) is 11.5. The van der Waals surface area contributed by atoms with Gasteiger partial charge in [-0.05, 0) is 48.2 Å². The fourth-order valence-corrected chi connectivity index (χ4v) is 4.89. The lowest BCUT2D eigenvalue weighted by Crippen LogP contribution is -2.35. The second-order valence-corrected chi connectivity index (χ2v) is 9.20. The molecule has 33 heavy (non-hydrogen) atoms. The van der Waals surface area contributed by atoms with Gasteiger partial charge in [-0.3, -0.25) is 14.5 Å². The number of ketones is 1. The molecule has 0 saturated carbocycles. The van der Waals surface area contributed by atoms with Crippen LogP contribution in [0.3, 0.4) is 0 Å². The zero-order valence-electron chi connectivity index (χ0n) is 18.4. The summed E-state index contributed by atoms with van der Waals surface area (Å²) in [6, 6.07) is 11.3. The average Bonchev–Trinajstić information content (AvgIpc) is 3.04. The Balaban J connectivity index is 1.40. The number of morpholine rings is 1. The predicted octanol–water partition coefficient (Wildman–Crippen LogP) is 3.87. The Morgan fingerprint density at radius 1 is 1.09 bits per heavy atom. The molecule has 0 bridgehead atoms. The topological polar surface area (TPSA) is 67.9 Å². The van der Waals surface area contributed by atoms with E-state index in [0.29, 0.717) is 23.7 Å². The van der Waals surface area contributed by atoms with Crippen molar-refractivity contribution in [3.05, 3.63) is 75.3 Å². The molecule has 0 radical (unpaired) electrons. The van der Waals surface area contributed by atoms with Gasteiger partial charge in [-0.2, -0.15) is 0 Å². The number of allylic oxidation sites excluding steroid dienone is 1. The van der Waals surface area contributed by atoms with Crippen molar-refractivity contribution in [3.8, 4) is 5.75 Å². The van der Waals surface area contributed by atoms with Crippen LogP contribution in [-0.4, -0.2) is 49.5 Å². The predicted molar refractivity (Wildman–Crippen MR) is 126 cm³/mol. The summed E-state index contributed by atoms with van der Waals surface area (Å²) in [5, 5.41) is 3.54. The minimum atomic E-state index is -0.342. The number of carbonyl (C=O) groups is 2. The first-order valence-corrected chi connectivity index (χ1v) is 11.8. The van der Waals surface area contributed by atoms with Gasteiger partial charge in [0.15, 0.2) is 5.78 Å². The van der Waals surface area contributed by atoms with E-state index in [2.05, 4.69) is 16.3 Å². The zero-order chi connectivity index (χ0) is 22.8. The minimum Gasteiger partial charge on any atom is -0.493 e. The maximum absolute atomic E-state index is 13.5. The van der Waals surface area contributed by atoms with Gasteiger partial charge in [0.1, 0.15) is 5.75 Å². The van der Waals surface area contributed by atoms with Gasteiger partial charge in [0.2, 0.25) is 0 Å². The molecule has 1 amide bonds. The van der Waals surface area contributed by atoms with E-state index in [1.54, 1.807) is 12.1 Å². The third-order valence-corrected chi connectivity index (χ3v) is 6.72. The molecule has 3 aliphatic rings. The van der Waals surface area contributed by atoms with Gasteiger partial charge >= 0.3 is 0 Å². The summed E-state index contributed by atoms with van der Waals surface area (Å²) in [7, 11) is 0. The number of hydrogen-bond acceptors (Lipinski definition) is 5. The molecule has 0 spiro atoms. The smallest absolute Gasteiger partial charge is 0.255 e. The van der Waals surface area contributed by atoms with Crippen molar-refractivity contribution >= 4 is 23.3 Å². The number of nitrogens with one attached hydrogen (secondary N) is 1. The molecule has 2 aromatic carbocycles. The summed E-state index contributed by atoms with van der Waals surface area (Å²) < 4.78 is 11.5. The second kappa shape index (κ2) is 9.67. The lowest BCUT2D eigenvalue weighted by Gasteiger charge is -2.28. The molecule has 1 N–H and O–H groups in total. The molecule has 1 fully saturated rings. The number of halogens is 1. The van der Waals surface area contributed by atoms with Crippen LogP contribution in [0.4, 0.5) is 0 Å². The second-order valence-electron chi connectivity index (χ2n) is 8.76. The Bertz CT molecular complexity index is 1090. The van der Waals surface area contributed by atoms with E-state index in [1.165, 1.54) is 0 Å². The summed E-state index contributed by atoms with van der Waals surface area (Å²) in [5.74, 6) is 0.212. The Labute approximate surface area is 198 Å². The number of benzene rings is 2. The van der Waals surface area contributed by atoms with Gasteiger partial charge in [-0.1, -0.05) is 29.8 Å². The van der Waals surface area contributed by atoms with E-state index in [4.69, 9.17) is 21.1 Å². The maximum Gasteiger partial charge on any atom is 0.255 e. The van der Waals surface area contributed by atoms with Crippen LogP contribution in [0.25, 0.3) is 0 Å². The van der Waals surface area contributed by atoms with Gasteiger partial charge in [0.05, 0.1) is 25.4 Å². The lowest BCUT2D eigenvalue weighted by molar-refractivity contribution is -0.117. The highest BCUT2D eigenvalue weighted by molar-refractivity contribution is 6.30. The molecular formula is C26H27ClN2O4. The number of nitrogens with zero attached hydrogens (tertiary/aromatic N) is 1. The quantitative estimate of drug-likeness (QED) is 0.677. The van der Waals surface area contributed by atoms with Crippen LogP contribution in [0.2, 0.25) is 5.02 Å². The molecule has 2 heterocycles. The third kappa shape index (κ3) is 4.83. The van der Waals surface area contributed by atoms with Crippen molar-refractivity contribution in [2.24, 2.45) is 0 Å². The van der Waals surface area contributed by atoms with Crippen LogP contribution >= 0.6 is 11.6 Å². The van der Waals surface area contributed by atoms with E-state index in [0.717, 1.165) is 68.1 Å². The van der Waals surface area contributed by atoms with Gasteiger partial charge < -0.3 is 14.8 Å². The van der Waals surface area contributed by atoms with Crippen molar-refractivity contribution in [1.29, 1.82) is 0 Å². The molecule has 2 aromatic rings. The lowest BCUT2D eigenvalue weighted by atomic mass is 9.79. The van der Waals surface area contributed by atoms with Gasteiger partial charge in [-0.25, -0.2) is 0 Å². The largest absolute Gasteiger partial charge is 0.493 e. The number of ether oxygens (including phenoxy) is 2. The Morgan fingerprint density at radius 3 is 2.67 bits per heavy atom. The SMILES string of the molecule is O=C(NCc1ccc(Cl)cc1)C1=CC2CCCOc3cc(CN4CCOCC4)cc(c32)C1=O. The maximum atomic E-state index is 13.5. The van der Waals surface area contributed by atoms with E-state index >= 15 is 0 Å². The molecular weight excluding hydrogens is 440 g/mol. The summed E-state index contributed by atoms with van der Waals surface area (Å²) in [6.45, 7) is 4.84. The van der Waals surface area contributed by atoms with Crippen molar-refractivity contribution in [2.75, 3.05) is 32.9 Å². The monoisotopic (exact) mass is 466 g/mol. The normalized spacial score (nSPS) is 20.3. The standard InChI is InChI=1S/C26H27ClN2O4/c27-20-5-3-17(4-6-20)15-28-26(31)22-14-19-2-1-9-33-23-13-18(12-21(24(19)23)25(22)30)16-29-7-10-32-11-8-29/h3-6,12-14,19H,1-2,7-11,15-16H2,(H,28,31). The van der Waals surface area contributed by atoms with Crippen LogP contribution in [-0.2, 0) is 22.6 Å². The van der Waals surface area contributed by atoms with Crippen LogP contribution in [0.5, 0.6) is 5.75 Å². The highest BCUT2D eigenvalue weighted by atomic mass is 35.5. The fraction of sp³-hybridized carbons (Fsp3) is 0.385. The fourth-order valence-electron chi connectivity index (χ4n) is 4.76. The van der Waals surface area contributed by atoms with Gasteiger partial charge in [-0.15, -0.1) is 0 Å². The number of carbonyl (C=O) groups excluding carboxylic acids is 2. The molecule has 1 atom stereocenters. The molecule has 7 heteroatoms. The van der Waals surface area contributed by atoms with Gasteiger partial charge in [0.25, 0.3) is 5.91 Å². The highest BCUT2D eigenvalue weighted by Gasteiger charge is 2.34. The van der Waals surface area contributed by atoms with Crippen molar-refractivity contribution in [1.82, 2.24) is 10.2 Å². The minimum absolute atomic E-state index is 0.00363. The van der Waals surface area contributed by atoms with Crippen LogP contribution in [0.1, 0.15) is 45.8 Å². The molecule has 5 rings (SSSR count). The molecule has 2 aliphatic heterocycles. The van der Waals surface area contributed by atoms with Crippen LogP contribution in [0.15, 0.2) is 48.0 Å². The van der Waals surface area contributed by atoms with E-state index < -0.39 is 0 Å². The molecule has 0 aromatic heterocycles. The summed E-state index contributed by atoms with van der Waals surface area (Å²) >= 11 is 5.94. The van der Waals surface area contributed by atoms with E-state index in [-0.39, 0.29) is 23.2 Å². The average molecular weight is 467 g/mol. The van der Waals surface area contributed by atoms with Crippen molar-refractivity contribution < 1.29 is 19.1 Å². The van der Waals surface area contributed by atoms with E-state index in [1.807, 2.05) is 24.3 Å². The summed E-state index contributed by atoms with van der Waals surface area (Å²) in [6.07, 6.45) is 3.56. The number of rotatable bonds is 5. The third-order valence-electron chi connectivity index (χ3n) is 6.47. The first kappa shape index (κ1) is 22.1. The zero-order valence-corrected chi connectivity index (χ0v) is 19.2. The Morgan fingerprint density at radius 2 is 1.88 bits per heavy atom. The Hall–Kier alpha value is -2.67. The number of amides is 1. The van der Waals surface area contributed by atoms with Crippen molar-refractivity contribution in [2.45, 2.75) is 31.8 Å². The van der Waals surface area contributed by atoms with Crippen LogP contribution < -0.4 is 10.1 Å². The first-order chi connectivity index (χ1) is 16.1. The number of hydrogen-bond donors (Lipinski definition) is 1. The Kier molecular flexibility index (Phi) is 6.49. The van der Waals surface area contributed by atoms with Crippen molar-refractivity contribution in [3.63, 3.8) is 0 Å². The van der Waals surface area contributed by atoms with E-state index in [9.17, 15) is 9.59 Å². The summed E-state index contributed by atoms with van der Waals surface area (Å²) in [4.78, 5) is 28.8. The van der Waals surface area contributed by atoms with Gasteiger partial charge in [0, 0.05) is 48.2 Å². The molecule has 172 valence electrons. The summed E-state index contributed by atoms with van der Waals surface area (Å²) in [5.41, 5.74) is 3.70. The molecule has 1 aliphatic carbocycles. The molecule has 6 nitrogen and oxygen atoms in total.